The number of hydrogen-bond acceptors (Lipinski definition) is 5. The lowest BCUT2D eigenvalue weighted by Gasteiger charge is -2.26. The number of anilines is 1. The van der Waals surface area contributed by atoms with Crippen LogP contribution in [0.3, 0.4) is 0 Å². The molecule has 1 saturated heterocycles. The van der Waals surface area contributed by atoms with Crippen LogP contribution in [0.1, 0.15) is 22.3 Å². The number of imide groups is 2. The molecule has 0 radical (unpaired) electrons. The Kier molecular flexibility index (Phi) is 7.94. The van der Waals surface area contributed by atoms with Crippen LogP contribution in [-0.2, 0) is 22.8 Å². The summed E-state index contributed by atoms with van der Waals surface area (Å²) in [6, 6.07) is 39.3. The van der Waals surface area contributed by atoms with Gasteiger partial charge < -0.3 is 9.47 Å². The summed E-state index contributed by atoms with van der Waals surface area (Å²) >= 11 is 0. The first-order chi connectivity index (χ1) is 23.0. The Morgan fingerprint density at radius 1 is 0.660 bits per heavy atom. The number of carbonyl (C=O) groups is 3. The maximum absolute atomic E-state index is 13.9. The fourth-order valence-electron chi connectivity index (χ4n) is 5.81. The molecule has 47 heavy (non-hydrogen) atoms. The first-order valence-electron chi connectivity index (χ1n) is 15.3. The number of aryl methyl sites for hydroxylation is 1. The van der Waals surface area contributed by atoms with Crippen molar-refractivity contribution in [3.05, 3.63) is 155 Å². The molecule has 4 amide bonds. The van der Waals surface area contributed by atoms with Crippen molar-refractivity contribution in [2.24, 2.45) is 0 Å². The molecule has 0 spiro atoms. The molecule has 1 fully saturated rings. The monoisotopic (exact) mass is 618 g/mol. The van der Waals surface area contributed by atoms with Crippen LogP contribution in [0.15, 0.2) is 133 Å². The van der Waals surface area contributed by atoms with Gasteiger partial charge in [0.1, 0.15) is 30.3 Å². The SMILES string of the molecule is Cc1ccc2ccccc2c1COc1ccc2ccccc2c1/C=C1\C(=O)NC(=O)N(c2ccc(OCc3ccccc3)cc2)C1=O. The van der Waals surface area contributed by atoms with Crippen LogP contribution in [0.5, 0.6) is 11.5 Å². The molecule has 0 unspecified atom stereocenters. The van der Waals surface area contributed by atoms with Crippen molar-refractivity contribution in [2.75, 3.05) is 4.90 Å². The Labute approximate surface area is 271 Å². The van der Waals surface area contributed by atoms with Crippen molar-refractivity contribution >= 4 is 51.2 Å². The largest absolute Gasteiger partial charge is 0.489 e. The lowest BCUT2D eigenvalue weighted by molar-refractivity contribution is -0.122. The highest BCUT2D eigenvalue weighted by molar-refractivity contribution is 6.39. The average molecular weight is 619 g/mol. The topological polar surface area (TPSA) is 84.9 Å². The Morgan fingerprint density at radius 2 is 1.32 bits per heavy atom. The predicted octanol–water partition coefficient (Wildman–Crippen LogP) is 8.13. The molecule has 0 bridgehead atoms. The molecule has 1 aliphatic heterocycles. The van der Waals surface area contributed by atoms with Gasteiger partial charge >= 0.3 is 6.03 Å². The van der Waals surface area contributed by atoms with E-state index in [-0.39, 0.29) is 12.2 Å². The second-order valence-corrected chi connectivity index (χ2v) is 11.3. The molecule has 7 heteroatoms. The van der Waals surface area contributed by atoms with Gasteiger partial charge in [-0.3, -0.25) is 14.9 Å². The predicted molar refractivity (Wildman–Crippen MR) is 183 cm³/mol. The van der Waals surface area contributed by atoms with Gasteiger partial charge in [0.05, 0.1) is 5.69 Å². The molecular weight excluding hydrogens is 588 g/mol. The zero-order valence-corrected chi connectivity index (χ0v) is 25.6. The lowest BCUT2D eigenvalue weighted by Crippen LogP contribution is -2.54. The first-order valence-corrected chi connectivity index (χ1v) is 15.3. The summed E-state index contributed by atoms with van der Waals surface area (Å²) < 4.78 is 12.3. The third-order valence-electron chi connectivity index (χ3n) is 8.31. The summed E-state index contributed by atoms with van der Waals surface area (Å²) in [7, 11) is 0. The Morgan fingerprint density at radius 3 is 2.09 bits per heavy atom. The normalized spacial score (nSPS) is 14.1. The minimum Gasteiger partial charge on any atom is -0.489 e. The van der Waals surface area contributed by atoms with Crippen LogP contribution < -0.4 is 19.7 Å². The molecule has 0 aromatic heterocycles. The molecule has 7 nitrogen and oxygen atoms in total. The minimum atomic E-state index is -0.823. The van der Waals surface area contributed by atoms with E-state index in [1.165, 1.54) is 6.08 Å². The summed E-state index contributed by atoms with van der Waals surface area (Å²) in [5.74, 6) is -0.427. The van der Waals surface area contributed by atoms with Crippen molar-refractivity contribution in [2.45, 2.75) is 20.1 Å². The van der Waals surface area contributed by atoms with Gasteiger partial charge in [0.15, 0.2) is 0 Å². The van der Waals surface area contributed by atoms with E-state index < -0.39 is 17.8 Å². The molecule has 1 N–H and O–H groups in total. The molecule has 0 aliphatic carbocycles. The van der Waals surface area contributed by atoms with E-state index in [1.807, 2.05) is 85.8 Å². The molecule has 6 aromatic rings. The van der Waals surface area contributed by atoms with E-state index in [4.69, 9.17) is 9.47 Å². The molecule has 6 aromatic carbocycles. The molecule has 0 saturated carbocycles. The molecule has 7 rings (SSSR count). The highest BCUT2D eigenvalue weighted by Crippen LogP contribution is 2.33. The van der Waals surface area contributed by atoms with Crippen molar-refractivity contribution in [1.29, 1.82) is 0 Å². The van der Waals surface area contributed by atoms with Gasteiger partial charge in [-0.2, -0.15) is 0 Å². The minimum absolute atomic E-state index is 0.184. The van der Waals surface area contributed by atoms with Crippen LogP contribution in [0.2, 0.25) is 0 Å². The number of barbiturate groups is 1. The van der Waals surface area contributed by atoms with E-state index >= 15 is 0 Å². The second-order valence-electron chi connectivity index (χ2n) is 11.3. The van der Waals surface area contributed by atoms with Gasteiger partial charge in [0, 0.05) is 11.1 Å². The summed E-state index contributed by atoms with van der Waals surface area (Å²) in [4.78, 5) is 41.0. The van der Waals surface area contributed by atoms with Gasteiger partial charge in [0.25, 0.3) is 11.8 Å². The standard InChI is InChI=1S/C40H30N2O5/c1-26-15-16-28-11-6-8-14-33(28)36(26)25-47-37-22-17-29-12-5-7-13-32(29)34(37)23-35-38(43)41-40(45)42(39(35)44)30-18-20-31(21-19-30)46-24-27-9-3-2-4-10-27/h2-23H,24-25H2,1H3,(H,41,43,45)/b35-23+. The Bertz CT molecular complexity index is 2190. The van der Waals surface area contributed by atoms with E-state index in [0.29, 0.717) is 29.4 Å². The Hall–Kier alpha value is -6.21. The van der Waals surface area contributed by atoms with Crippen LogP contribution in [-0.4, -0.2) is 17.8 Å². The molecule has 1 heterocycles. The number of rotatable bonds is 8. The number of nitrogens with one attached hydrogen (secondary N) is 1. The zero-order valence-electron chi connectivity index (χ0n) is 25.6. The number of fused-ring (bicyclic) bond motifs is 2. The lowest BCUT2D eigenvalue weighted by atomic mass is 9.99. The number of urea groups is 1. The fraction of sp³-hybridized carbons (Fsp3) is 0.0750. The molecule has 0 atom stereocenters. The number of amides is 4. The number of nitrogens with zero attached hydrogens (tertiary/aromatic N) is 1. The van der Waals surface area contributed by atoms with E-state index in [1.54, 1.807) is 24.3 Å². The smallest absolute Gasteiger partial charge is 0.335 e. The first kappa shape index (κ1) is 29.5. The third kappa shape index (κ3) is 5.94. The summed E-state index contributed by atoms with van der Waals surface area (Å²) in [6.07, 6.45) is 1.52. The van der Waals surface area contributed by atoms with Crippen LogP contribution in [0.25, 0.3) is 27.6 Å². The van der Waals surface area contributed by atoms with Crippen LogP contribution in [0.4, 0.5) is 10.5 Å². The number of carbonyl (C=O) groups excluding carboxylic acids is 3. The Balaban J connectivity index is 1.21. The quantitative estimate of drug-likeness (QED) is 0.138. The summed E-state index contributed by atoms with van der Waals surface area (Å²) in [5, 5.41) is 6.26. The van der Waals surface area contributed by atoms with Crippen molar-refractivity contribution in [3.8, 4) is 11.5 Å². The van der Waals surface area contributed by atoms with Gasteiger partial charge in [-0.1, -0.05) is 97.1 Å². The highest BCUT2D eigenvalue weighted by Gasteiger charge is 2.37. The van der Waals surface area contributed by atoms with Gasteiger partial charge in [-0.25, -0.2) is 9.69 Å². The summed E-state index contributed by atoms with van der Waals surface area (Å²) in [6.45, 7) is 2.71. The van der Waals surface area contributed by atoms with Gasteiger partial charge in [-0.05, 0) is 76.0 Å². The number of hydrogen-bond donors (Lipinski definition) is 1. The molecule has 1 aliphatic rings. The number of benzene rings is 6. The van der Waals surface area contributed by atoms with Crippen LogP contribution in [0, 0.1) is 6.92 Å². The summed E-state index contributed by atoms with van der Waals surface area (Å²) in [5.41, 5.74) is 3.85. The van der Waals surface area contributed by atoms with E-state index in [9.17, 15) is 14.4 Å². The van der Waals surface area contributed by atoms with Gasteiger partial charge in [-0.15, -0.1) is 0 Å². The van der Waals surface area contributed by atoms with Crippen molar-refractivity contribution < 1.29 is 23.9 Å². The van der Waals surface area contributed by atoms with E-state index in [2.05, 4.69) is 29.6 Å². The maximum atomic E-state index is 13.9. The molecule has 230 valence electrons. The fourth-order valence-corrected chi connectivity index (χ4v) is 5.81. The highest BCUT2D eigenvalue weighted by atomic mass is 16.5. The van der Waals surface area contributed by atoms with Crippen molar-refractivity contribution in [3.63, 3.8) is 0 Å². The van der Waals surface area contributed by atoms with Gasteiger partial charge in [0.2, 0.25) is 0 Å². The van der Waals surface area contributed by atoms with Crippen molar-refractivity contribution in [1.82, 2.24) is 5.32 Å². The van der Waals surface area contributed by atoms with E-state index in [0.717, 1.165) is 43.1 Å². The zero-order chi connectivity index (χ0) is 32.3. The van der Waals surface area contributed by atoms with Crippen LogP contribution >= 0.6 is 0 Å². The number of ether oxygens (including phenoxy) is 2. The second kappa shape index (κ2) is 12.7. The third-order valence-corrected chi connectivity index (χ3v) is 8.31. The average Bonchev–Trinajstić information content (AvgIpc) is 3.10. The molecular formula is C40H30N2O5. The maximum Gasteiger partial charge on any atom is 0.335 e.